The number of fused-ring (bicyclic) bond motifs is 6. The lowest BCUT2D eigenvalue weighted by atomic mass is 9.93. The summed E-state index contributed by atoms with van der Waals surface area (Å²) in [6, 6.07) is 78.2. The number of nitrogens with zero attached hydrogens (tertiary/aromatic N) is 10. The van der Waals surface area contributed by atoms with Gasteiger partial charge in [-0.2, -0.15) is 23.7 Å². The maximum Gasteiger partial charge on any atom is 0.416 e. The molecule has 0 fully saturated rings. The van der Waals surface area contributed by atoms with Gasteiger partial charge in [-0.1, -0.05) is 164 Å². The van der Waals surface area contributed by atoms with Gasteiger partial charge in [-0.15, -0.1) is 0 Å². The summed E-state index contributed by atoms with van der Waals surface area (Å²) in [6.45, 7) is 0. The quantitative estimate of drug-likeness (QED) is 0.139. The first kappa shape index (κ1) is 48.9. The molecule has 0 atom stereocenters. The van der Waals surface area contributed by atoms with Crippen LogP contribution in [0, 0.1) is 22.7 Å². The van der Waals surface area contributed by atoms with E-state index in [1.165, 1.54) is 6.07 Å². The van der Waals surface area contributed by atoms with Gasteiger partial charge in [0.2, 0.25) is 0 Å². The Morgan fingerprint density at radius 1 is 0.305 bits per heavy atom. The molecule has 13 heteroatoms. The normalized spacial score (nSPS) is 11.6. The molecule has 0 aliphatic heterocycles. The lowest BCUT2D eigenvalue weighted by Gasteiger charge is -2.20. The van der Waals surface area contributed by atoms with Crippen molar-refractivity contribution >= 4 is 43.6 Å². The van der Waals surface area contributed by atoms with E-state index in [1.807, 2.05) is 206 Å². The van der Waals surface area contributed by atoms with Gasteiger partial charge in [-0.3, -0.25) is 0 Å². The SMILES string of the molecule is N#Cc1cc(C(F)(F)F)ccc1-c1cc(-n2c3ccccc3c3cc(-c4nc(-c5ccccc5)nc(-c5ccccc5)n4)ccc32)c(-n2c3ccccc3c3cc(-c4nc(-c5ccccc5)nc(-c5ccccc5)n4)ccc32)cc1C#N. The first-order valence-electron chi connectivity index (χ1n) is 26.2. The first-order chi connectivity index (χ1) is 40.2. The third-order valence-electron chi connectivity index (χ3n) is 14.7. The van der Waals surface area contributed by atoms with Crippen molar-refractivity contribution in [3.63, 3.8) is 0 Å². The molecule has 14 rings (SSSR count). The van der Waals surface area contributed by atoms with Gasteiger partial charge in [0.15, 0.2) is 34.9 Å². The van der Waals surface area contributed by atoms with Crippen LogP contribution in [0.15, 0.2) is 237 Å². The molecule has 0 amide bonds. The number of hydrogen-bond acceptors (Lipinski definition) is 8. The van der Waals surface area contributed by atoms with Crippen molar-refractivity contribution in [2.45, 2.75) is 6.18 Å². The van der Waals surface area contributed by atoms with E-state index in [0.29, 0.717) is 46.3 Å². The third-order valence-corrected chi connectivity index (χ3v) is 14.7. The molecule has 386 valence electrons. The number of para-hydroxylation sites is 2. The number of alkyl halides is 3. The fraction of sp³-hybridized carbons (Fsp3) is 0.0145. The molecule has 4 heterocycles. The lowest BCUT2D eigenvalue weighted by molar-refractivity contribution is -0.137. The van der Waals surface area contributed by atoms with E-state index in [-0.39, 0.29) is 22.3 Å². The van der Waals surface area contributed by atoms with Crippen molar-refractivity contribution in [3.05, 3.63) is 253 Å². The minimum atomic E-state index is -4.71. The molecule has 10 aromatic carbocycles. The van der Waals surface area contributed by atoms with E-state index in [0.717, 1.165) is 89.1 Å². The fourth-order valence-electron chi connectivity index (χ4n) is 10.9. The second-order valence-electron chi connectivity index (χ2n) is 19.6. The minimum Gasteiger partial charge on any atom is -0.307 e. The Hall–Kier alpha value is -11.4. The number of aromatic nitrogens is 8. The zero-order valence-electron chi connectivity index (χ0n) is 43.1. The van der Waals surface area contributed by atoms with Gasteiger partial charge in [-0.05, 0) is 72.8 Å². The van der Waals surface area contributed by atoms with Gasteiger partial charge in [0.25, 0.3) is 0 Å². The van der Waals surface area contributed by atoms with Crippen molar-refractivity contribution in [1.82, 2.24) is 39.0 Å². The van der Waals surface area contributed by atoms with Gasteiger partial charge in [0, 0.05) is 66.1 Å². The first-order valence-corrected chi connectivity index (χ1v) is 26.2. The van der Waals surface area contributed by atoms with Crippen LogP contribution in [0.3, 0.4) is 0 Å². The maximum absolute atomic E-state index is 14.2. The molecular formula is C69H39F3N10. The largest absolute Gasteiger partial charge is 0.416 e. The average Bonchev–Trinajstić information content (AvgIpc) is 3.27. The zero-order chi connectivity index (χ0) is 55.5. The van der Waals surface area contributed by atoms with Gasteiger partial charge >= 0.3 is 6.18 Å². The minimum absolute atomic E-state index is 0.144. The number of nitriles is 2. The summed E-state index contributed by atoms with van der Waals surface area (Å²) in [5.41, 5.74) is 8.57. The molecule has 0 N–H and O–H groups in total. The van der Waals surface area contributed by atoms with E-state index in [9.17, 15) is 23.7 Å². The fourth-order valence-corrected chi connectivity index (χ4v) is 10.9. The summed E-state index contributed by atoms with van der Waals surface area (Å²) in [4.78, 5) is 30.0. The van der Waals surface area contributed by atoms with Crippen LogP contribution in [-0.4, -0.2) is 39.0 Å². The molecule has 10 nitrogen and oxygen atoms in total. The Labute approximate surface area is 466 Å². The molecule has 0 spiro atoms. The Morgan fingerprint density at radius 3 is 1.04 bits per heavy atom. The highest BCUT2D eigenvalue weighted by Gasteiger charge is 2.32. The number of benzene rings is 10. The number of rotatable bonds is 9. The average molecular weight is 1070 g/mol. The number of hydrogen-bond donors (Lipinski definition) is 0. The van der Waals surface area contributed by atoms with Crippen LogP contribution in [0.25, 0.3) is 134 Å². The van der Waals surface area contributed by atoms with E-state index in [1.54, 1.807) is 6.07 Å². The predicted octanol–water partition coefficient (Wildman–Crippen LogP) is 16.7. The summed E-state index contributed by atoms with van der Waals surface area (Å²) in [7, 11) is 0. The standard InChI is InChI=1S/C69H39F3N10/c70-69(71,72)50-31-32-51(48(35-50)40-73)54-39-62(82-58-28-16-14-26-53(58)56-37-47(30-34-60(56)82)68-79-65(44-21-9-3-10-22-44)76-66(80-68)45-23-11-4-12-24-45)61(38-49(54)41-74)81-57-27-15-13-25-52(57)55-36-46(29-33-59(55)81)67-77-63(42-17-5-1-6-18-42)75-64(78-67)43-19-7-2-8-20-43/h1-39H. The van der Waals surface area contributed by atoms with E-state index in [4.69, 9.17) is 29.9 Å². The molecule has 82 heavy (non-hydrogen) atoms. The highest BCUT2D eigenvalue weighted by Crippen LogP contribution is 2.44. The van der Waals surface area contributed by atoms with Crippen molar-refractivity contribution in [2.75, 3.05) is 0 Å². The Kier molecular flexibility index (Phi) is 11.8. The van der Waals surface area contributed by atoms with E-state index in [2.05, 4.69) is 27.3 Å². The van der Waals surface area contributed by atoms with Crippen LogP contribution in [0.1, 0.15) is 16.7 Å². The van der Waals surface area contributed by atoms with Crippen molar-refractivity contribution in [2.24, 2.45) is 0 Å². The van der Waals surface area contributed by atoms with Gasteiger partial charge < -0.3 is 9.13 Å². The molecule has 14 aromatic rings. The lowest BCUT2D eigenvalue weighted by Crippen LogP contribution is -2.07. The summed E-state index contributed by atoms with van der Waals surface area (Å²) in [6.07, 6.45) is -4.71. The molecule has 0 aliphatic rings. The van der Waals surface area contributed by atoms with Crippen LogP contribution >= 0.6 is 0 Å². The second-order valence-corrected chi connectivity index (χ2v) is 19.6. The third kappa shape index (κ3) is 8.54. The van der Waals surface area contributed by atoms with Crippen molar-refractivity contribution in [1.29, 1.82) is 10.5 Å². The highest BCUT2D eigenvalue weighted by atomic mass is 19.4. The van der Waals surface area contributed by atoms with Crippen LogP contribution in [0.2, 0.25) is 0 Å². The highest BCUT2D eigenvalue weighted by molar-refractivity contribution is 6.13. The maximum atomic E-state index is 14.2. The van der Waals surface area contributed by atoms with Crippen LogP contribution in [-0.2, 0) is 6.18 Å². The molecule has 0 saturated carbocycles. The zero-order valence-corrected chi connectivity index (χ0v) is 43.1. The molecule has 0 unspecified atom stereocenters. The second kappa shape index (κ2) is 19.8. The van der Waals surface area contributed by atoms with Gasteiger partial charge in [0.05, 0.1) is 62.3 Å². The molecule has 0 aliphatic carbocycles. The molecule has 0 saturated heterocycles. The van der Waals surface area contributed by atoms with E-state index >= 15 is 0 Å². The summed E-state index contributed by atoms with van der Waals surface area (Å²) in [5, 5.41) is 25.2. The topological polar surface area (TPSA) is 135 Å². The monoisotopic (exact) mass is 1060 g/mol. The Morgan fingerprint density at radius 2 is 0.646 bits per heavy atom. The molecule has 4 aromatic heterocycles. The Bertz CT molecular complexity index is 4810. The predicted molar refractivity (Wildman–Crippen MR) is 314 cm³/mol. The smallest absolute Gasteiger partial charge is 0.307 e. The summed E-state index contributed by atoms with van der Waals surface area (Å²) in [5.74, 6) is 3.02. The van der Waals surface area contributed by atoms with Gasteiger partial charge in [-0.25, -0.2) is 29.9 Å². The summed E-state index contributed by atoms with van der Waals surface area (Å²) < 4.78 is 46.9. The van der Waals surface area contributed by atoms with Crippen LogP contribution < -0.4 is 0 Å². The molecule has 0 radical (unpaired) electrons. The van der Waals surface area contributed by atoms with Crippen molar-refractivity contribution < 1.29 is 13.2 Å². The Balaban J connectivity index is 1.02. The summed E-state index contributed by atoms with van der Waals surface area (Å²) >= 11 is 0. The number of halogens is 3. The molecule has 0 bridgehead atoms. The van der Waals surface area contributed by atoms with Crippen LogP contribution in [0.5, 0.6) is 0 Å². The van der Waals surface area contributed by atoms with Crippen molar-refractivity contribution in [3.8, 4) is 103 Å². The van der Waals surface area contributed by atoms with E-state index < -0.39 is 11.7 Å². The molecular weight excluding hydrogens is 1030 g/mol. The van der Waals surface area contributed by atoms with Crippen LogP contribution in [0.4, 0.5) is 13.2 Å². The van der Waals surface area contributed by atoms with Gasteiger partial charge in [0.1, 0.15) is 0 Å².